The second kappa shape index (κ2) is 5.05. The van der Waals surface area contributed by atoms with E-state index >= 15 is 0 Å². The highest BCUT2D eigenvalue weighted by atomic mass is 19.4. The number of rotatable bonds is 2. The van der Waals surface area contributed by atoms with Crippen molar-refractivity contribution in [1.29, 1.82) is 0 Å². The molecule has 4 heteroatoms. The molecule has 0 aliphatic carbocycles. The lowest BCUT2D eigenvalue weighted by Gasteiger charge is -2.16. The maximum Gasteiger partial charge on any atom is 0.418 e. The first-order valence-electron chi connectivity index (χ1n) is 5.80. The molecule has 0 aromatic heterocycles. The summed E-state index contributed by atoms with van der Waals surface area (Å²) in [5.74, 6) is 0. The monoisotopic (exact) mass is 266 g/mol. The fraction of sp³-hybridized carbons (Fsp3) is 0.200. The third-order valence-electron chi connectivity index (χ3n) is 2.97. The van der Waals surface area contributed by atoms with E-state index in [9.17, 15) is 18.3 Å². The van der Waals surface area contributed by atoms with Crippen molar-refractivity contribution in [1.82, 2.24) is 0 Å². The van der Waals surface area contributed by atoms with E-state index in [0.29, 0.717) is 5.56 Å². The van der Waals surface area contributed by atoms with Crippen LogP contribution < -0.4 is 0 Å². The summed E-state index contributed by atoms with van der Waals surface area (Å²) in [7, 11) is 0. The molecule has 1 unspecified atom stereocenters. The summed E-state index contributed by atoms with van der Waals surface area (Å²) in [5, 5.41) is 9.27. The molecule has 0 spiro atoms. The van der Waals surface area contributed by atoms with Crippen molar-refractivity contribution in [2.75, 3.05) is 0 Å². The third-order valence-corrected chi connectivity index (χ3v) is 2.97. The smallest absolute Gasteiger partial charge is 0.379 e. The lowest BCUT2D eigenvalue weighted by atomic mass is 9.97. The van der Waals surface area contributed by atoms with Crippen molar-refractivity contribution in [3.63, 3.8) is 0 Å². The molecule has 2 aromatic rings. The van der Waals surface area contributed by atoms with Crippen LogP contribution in [-0.4, -0.2) is 11.3 Å². The normalized spacial score (nSPS) is 13.3. The van der Waals surface area contributed by atoms with Crippen LogP contribution >= 0.6 is 0 Å². The molecule has 0 fully saturated rings. The second-order valence-electron chi connectivity index (χ2n) is 4.38. The Kier molecular flexibility index (Phi) is 3.62. The zero-order chi connectivity index (χ0) is 14.0. The lowest BCUT2D eigenvalue weighted by Crippen LogP contribution is -2.20. The summed E-state index contributed by atoms with van der Waals surface area (Å²) in [6.45, 7) is 1.89. The minimum atomic E-state index is -4.65. The molecule has 2 aromatic carbocycles. The van der Waals surface area contributed by atoms with Crippen LogP contribution in [0.3, 0.4) is 0 Å². The van der Waals surface area contributed by atoms with Gasteiger partial charge in [-0.05, 0) is 35.2 Å². The maximum atomic E-state index is 12.5. The van der Waals surface area contributed by atoms with E-state index in [0.717, 1.165) is 11.1 Å². The Morgan fingerprint density at radius 1 is 1.00 bits per heavy atom. The average molecular weight is 266 g/mol. The molecule has 0 saturated carbocycles. The largest absolute Gasteiger partial charge is 0.418 e. The Balaban J connectivity index is 2.43. The fourth-order valence-electron chi connectivity index (χ4n) is 1.96. The van der Waals surface area contributed by atoms with Crippen LogP contribution in [-0.2, 0) is 0 Å². The summed E-state index contributed by atoms with van der Waals surface area (Å²) in [5.41, 5.74) is 2.35. The van der Waals surface area contributed by atoms with Gasteiger partial charge in [0.2, 0.25) is 0 Å². The van der Waals surface area contributed by atoms with Crippen LogP contribution in [0.15, 0.2) is 48.5 Å². The topological polar surface area (TPSA) is 20.2 Å². The number of aryl methyl sites for hydroxylation is 1. The van der Waals surface area contributed by atoms with Crippen LogP contribution in [0.5, 0.6) is 0 Å². The molecule has 0 aliphatic heterocycles. The summed E-state index contributed by atoms with van der Waals surface area (Å²) in [4.78, 5) is 0. The van der Waals surface area contributed by atoms with E-state index in [1.54, 1.807) is 6.07 Å². The van der Waals surface area contributed by atoms with Crippen LogP contribution in [0.25, 0.3) is 11.1 Å². The van der Waals surface area contributed by atoms with Crippen molar-refractivity contribution >= 4 is 0 Å². The molecule has 0 amide bonds. The minimum absolute atomic E-state index is 0.145. The summed E-state index contributed by atoms with van der Waals surface area (Å²) in [6.07, 6.45) is -7.10. The average Bonchev–Trinajstić information content (AvgIpc) is 2.37. The van der Waals surface area contributed by atoms with Crippen molar-refractivity contribution in [2.45, 2.75) is 19.2 Å². The molecule has 0 saturated heterocycles. The second-order valence-corrected chi connectivity index (χ2v) is 4.38. The molecule has 0 heterocycles. The van der Waals surface area contributed by atoms with E-state index in [2.05, 4.69) is 0 Å². The number of aliphatic hydroxyl groups excluding tert-OH is 1. The Morgan fingerprint density at radius 2 is 1.68 bits per heavy atom. The summed E-state index contributed by atoms with van der Waals surface area (Å²) in [6, 6.07) is 13.3. The summed E-state index contributed by atoms with van der Waals surface area (Å²) < 4.78 is 37.5. The van der Waals surface area contributed by atoms with Gasteiger partial charge in [0.1, 0.15) is 0 Å². The Hall–Kier alpha value is -1.81. The molecule has 2 rings (SSSR count). The van der Waals surface area contributed by atoms with Crippen LogP contribution in [0, 0.1) is 6.92 Å². The highest BCUT2D eigenvalue weighted by molar-refractivity contribution is 5.67. The van der Waals surface area contributed by atoms with Crippen molar-refractivity contribution in [3.8, 4) is 11.1 Å². The number of hydrogen-bond acceptors (Lipinski definition) is 1. The van der Waals surface area contributed by atoms with Crippen molar-refractivity contribution < 1.29 is 18.3 Å². The van der Waals surface area contributed by atoms with Gasteiger partial charge in [-0.2, -0.15) is 13.2 Å². The highest BCUT2D eigenvalue weighted by Gasteiger charge is 2.39. The first kappa shape index (κ1) is 13.6. The molecule has 1 nitrogen and oxygen atoms in total. The zero-order valence-electron chi connectivity index (χ0n) is 10.3. The van der Waals surface area contributed by atoms with Gasteiger partial charge >= 0.3 is 6.18 Å². The minimum Gasteiger partial charge on any atom is -0.379 e. The first-order valence-corrected chi connectivity index (χ1v) is 5.80. The molecule has 0 radical (unpaired) electrons. The van der Waals surface area contributed by atoms with Crippen molar-refractivity contribution in [3.05, 3.63) is 59.7 Å². The van der Waals surface area contributed by atoms with Gasteiger partial charge in [0, 0.05) is 0 Å². The lowest BCUT2D eigenvalue weighted by molar-refractivity contribution is -0.206. The maximum absolute atomic E-state index is 12.5. The van der Waals surface area contributed by atoms with E-state index in [-0.39, 0.29) is 5.56 Å². The standard InChI is InChI=1S/C15H13F3O/c1-10-5-2-3-8-13(10)11-6-4-7-12(9-11)14(19)15(16,17)18/h2-9,14,19H,1H3. The molecular formula is C15H13F3O. The molecule has 0 aliphatic rings. The predicted molar refractivity (Wildman–Crippen MR) is 67.6 cm³/mol. The van der Waals surface area contributed by atoms with E-state index in [1.807, 2.05) is 31.2 Å². The van der Waals surface area contributed by atoms with Crippen LogP contribution in [0.2, 0.25) is 0 Å². The molecule has 1 atom stereocenters. The van der Waals surface area contributed by atoms with Gasteiger partial charge in [0.15, 0.2) is 6.10 Å². The number of alkyl halides is 3. The van der Waals surface area contributed by atoms with Crippen LogP contribution in [0.1, 0.15) is 17.2 Å². The van der Waals surface area contributed by atoms with Gasteiger partial charge in [-0.15, -0.1) is 0 Å². The molecule has 100 valence electrons. The van der Waals surface area contributed by atoms with Gasteiger partial charge in [-0.1, -0.05) is 42.5 Å². The van der Waals surface area contributed by atoms with E-state index < -0.39 is 12.3 Å². The fourth-order valence-corrected chi connectivity index (χ4v) is 1.96. The molecule has 19 heavy (non-hydrogen) atoms. The number of halogens is 3. The molecular weight excluding hydrogens is 253 g/mol. The Bertz CT molecular complexity index is 576. The van der Waals surface area contributed by atoms with Gasteiger partial charge in [0.05, 0.1) is 0 Å². The van der Waals surface area contributed by atoms with Crippen LogP contribution in [0.4, 0.5) is 13.2 Å². The number of aliphatic hydroxyl groups is 1. The van der Waals surface area contributed by atoms with Gasteiger partial charge in [-0.25, -0.2) is 0 Å². The van der Waals surface area contributed by atoms with Gasteiger partial charge in [-0.3, -0.25) is 0 Å². The zero-order valence-corrected chi connectivity index (χ0v) is 10.3. The summed E-state index contributed by atoms with van der Waals surface area (Å²) >= 11 is 0. The molecule has 1 N–H and O–H groups in total. The Labute approximate surface area is 109 Å². The SMILES string of the molecule is Cc1ccccc1-c1cccc(C(O)C(F)(F)F)c1. The number of hydrogen-bond donors (Lipinski definition) is 1. The predicted octanol–water partition coefficient (Wildman–Crippen LogP) is 4.26. The quantitative estimate of drug-likeness (QED) is 0.861. The Morgan fingerprint density at radius 3 is 2.32 bits per heavy atom. The van der Waals surface area contributed by atoms with Gasteiger partial charge in [0.25, 0.3) is 0 Å². The van der Waals surface area contributed by atoms with Crippen molar-refractivity contribution in [2.24, 2.45) is 0 Å². The number of benzene rings is 2. The van der Waals surface area contributed by atoms with Gasteiger partial charge < -0.3 is 5.11 Å². The van der Waals surface area contributed by atoms with E-state index in [4.69, 9.17) is 0 Å². The third kappa shape index (κ3) is 2.96. The first-order chi connectivity index (χ1) is 8.89. The van der Waals surface area contributed by atoms with E-state index in [1.165, 1.54) is 18.2 Å². The highest BCUT2D eigenvalue weighted by Crippen LogP contribution is 2.34. The molecule has 0 bridgehead atoms.